The van der Waals surface area contributed by atoms with E-state index in [2.05, 4.69) is 20.3 Å². The molecular formula is C22H24ClN5O2S. The van der Waals surface area contributed by atoms with Crippen LogP contribution in [0.25, 0.3) is 11.4 Å². The second-order valence-electron chi connectivity index (χ2n) is 7.93. The van der Waals surface area contributed by atoms with Crippen LogP contribution in [0.2, 0.25) is 0 Å². The number of halogens is 1. The van der Waals surface area contributed by atoms with Gasteiger partial charge in [-0.3, -0.25) is 14.9 Å². The Kier molecular flexibility index (Phi) is 6.38. The molecule has 1 N–H and O–H groups in total. The molecule has 3 aromatic rings. The van der Waals surface area contributed by atoms with Gasteiger partial charge in [0.15, 0.2) is 5.13 Å². The van der Waals surface area contributed by atoms with Gasteiger partial charge in [0.05, 0.1) is 24.1 Å². The molecule has 2 aliphatic rings. The number of anilines is 2. The molecule has 0 unspecified atom stereocenters. The Hall–Kier alpha value is -2.71. The minimum atomic E-state index is -0.364. The molecule has 5 rings (SSSR count). The summed E-state index contributed by atoms with van der Waals surface area (Å²) in [5, 5.41) is 6.44. The fraction of sp³-hybridized carbons (Fsp3) is 0.364. The molecule has 1 saturated heterocycles. The van der Waals surface area contributed by atoms with E-state index in [1.165, 1.54) is 0 Å². The summed E-state index contributed by atoms with van der Waals surface area (Å²) in [5.41, 5.74) is 2.23. The smallest absolute Gasteiger partial charge is 0.415 e. The van der Waals surface area contributed by atoms with Crippen LogP contribution in [0.15, 0.2) is 54.3 Å². The summed E-state index contributed by atoms with van der Waals surface area (Å²) in [6.45, 7) is 1.49. The van der Waals surface area contributed by atoms with E-state index < -0.39 is 0 Å². The molecule has 4 heterocycles. The van der Waals surface area contributed by atoms with E-state index in [-0.39, 0.29) is 24.1 Å². The van der Waals surface area contributed by atoms with Crippen molar-refractivity contribution >= 4 is 40.7 Å². The van der Waals surface area contributed by atoms with Crippen LogP contribution in [0.5, 0.6) is 0 Å². The van der Waals surface area contributed by atoms with Gasteiger partial charge < -0.3 is 10.1 Å². The largest absolute Gasteiger partial charge is 0.441 e. The first-order valence-corrected chi connectivity index (χ1v) is 11.1. The molecule has 0 radical (unpaired) electrons. The lowest BCUT2D eigenvalue weighted by molar-refractivity contribution is 0.0148. The monoisotopic (exact) mass is 457 g/mol. The van der Waals surface area contributed by atoms with Crippen LogP contribution in [0.1, 0.15) is 25.7 Å². The summed E-state index contributed by atoms with van der Waals surface area (Å²) in [6, 6.07) is 9.58. The number of thiazole rings is 1. The Balaban J connectivity index is 0.00000231. The molecule has 1 aliphatic carbocycles. The summed E-state index contributed by atoms with van der Waals surface area (Å²) < 4.78 is 5.84. The van der Waals surface area contributed by atoms with E-state index in [0.29, 0.717) is 12.5 Å². The van der Waals surface area contributed by atoms with Gasteiger partial charge in [-0.25, -0.2) is 9.78 Å². The van der Waals surface area contributed by atoms with Crippen molar-refractivity contribution in [1.82, 2.24) is 15.0 Å². The summed E-state index contributed by atoms with van der Waals surface area (Å²) in [4.78, 5) is 27.2. The van der Waals surface area contributed by atoms with E-state index in [9.17, 15) is 4.79 Å². The molecule has 31 heavy (non-hydrogen) atoms. The summed E-state index contributed by atoms with van der Waals surface area (Å²) >= 11 is 1.61. The third-order valence-corrected chi connectivity index (χ3v) is 6.72. The lowest BCUT2D eigenvalue weighted by atomic mass is 9.78. The van der Waals surface area contributed by atoms with E-state index in [1.54, 1.807) is 34.8 Å². The number of amides is 1. The number of ether oxygens (including phenoxy) is 1. The van der Waals surface area contributed by atoms with Crippen molar-refractivity contribution in [3.8, 4) is 11.4 Å². The van der Waals surface area contributed by atoms with Gasteiger partial charge >= 0.3 is 6.09 Å². The first-order chi connectivity index (χ1) is 14.7. The van der Waals surface area contributed by atoms with Crippen molar-refractivity contribution in [1.29, 1.82) is 0 Å². The SMILES string of the molecule is Cl.O=C1OC2(CCC(CNc3nc(-c4ccccn4)cs3)CC2)CN1c1cccnc1. The Bertz CT molecular complexity index is 1010. The van der Waals surface area contributed by atoms with Gasteiger partial charge in [0, 0.05) is 24.3 Å². The summed E-state index contributed by atoms with van der Waals surface area (Å²) in [6.07, 6.45) is 8.77. The van der Waals surface area contributed by atoms with Crippen LogP contribution < -0.4 is 10.2 Å². The zero-order valence-electron chi connectivity index (χ0n) is 16.9. The minimum Gasteiger partial charge on any atom is -0.441 e. The molecule has 1 saturated carbocycles. The van der Waals surface area contributed by atoms with Gasteiger partial charge in [0.1, 0.15) is 11.3 Å². The van der Waals surface area contributed by atoms with Gasteiger partial charge in [-0.15, -0.1) is 23.7 Å². The van der Waals surface area contributed by atoms with Crippen molar-refractivity contribution in [2.45, 2.75) is 31.3 Å². The van der Waals surface area contributed by atoms with E-state index in [0.717, 1.165) is 54.4 Å². The lowest BCUT2D eigenvalue weighted by Gasteiger charge is -2.35. The highest BCUT2D eigenvalue weighted by Crippen LogP contribution is 2.40. The normalized spacial score (nSPS) is 22.8. The number of hydrogen-bond donors (Lipinski definition) is 1. The molecule has 0 atom stereocenters. The fourth-order valence-electron chi connectivity index (χ4n) is 4.22. The van der Waals surface area contributed by atoms with E-state index in [4.69, 9.17) is 4.74 Å². The minimum absolute atomic E-state index is 0. The van der Waals surface area contributed by atoms with E-state index in [1.807, 2.05) is 35.7 Å². The first kappa shape index (κ1) is 21.5. The van der Waals surface area contributed by atoms with Crippen LogP contribution in [0.4, 0.5) is 15.6 Å². The molecule has 3 aromatic heterocycles. The Labute approximate surface area is 191 Å². The van der Waals surface area contributed by atoms with Gasteiger partial charge in [-0.05, 0) is 55.9 Å². The van der Waals surface area contributed by atoms with Gasteiger partial charge in [-0.1, -0.05) is 6.07 Å². The molecule has 2 fully saturated rings. The third-order valence-electron chi connectivity index (χ3n) is 5.92. The quantitative estimate of drug-likeness (QED) is 0.579. The average Bonchev–Trinajstić information content (AvgIpc) is 3.39. The maximum Gasteiger partial charge on any atom is 0.415 e. The molecule has 0 aromatic carbocycles. The Morgan fingerprint density at radius 1 is 1.16 bits per heavy atom. The first-order valence-electron chi connectivity index (χ1n) is 10.2. The maximum atomic E-state index is 12.4. The zero-order valence-corrected chi connectivity index (χ0v) is 18.6. The average molecular weight is 458 g/mol. The maximum absolute atomic E-state index is 12.4. The van der Waals surface area contributed by atoms with Crippen LogP contribution >= 0.6 is 23.7 Å². The van der Waals surface area contributed by atoms with Crippen molar-refractivity contribution in [2.24, 2.45) is 5.92 Å². The molecular weight excluding hydrogens is 434 g/mol. The Morgan fingerprint density at radius 3 is 2.77 bits per heavy atom. The summed E-state index contributed by atoms with van der Waals surface area (Å²) in [5.74, 6) is 0.545. The second-order valence-corrected chi connectivity index (χ2v) is 8.78. The van der Waals surface area contributed by atoms with Gasteiger partial charge in [0.2, 0.25) is 0 Å². The predicted molar refractivity (Wildman–Crippen MR) is 124 cm³/mol. The van der Waals surface area contributed by atoms with Crippen LogP contribution in [0.3, 0.4) is 0 Å². The highest BCUT2D eigenvalue weighted by atomic mass is 35.5. The van der Waals surface area contributed by atoms with Crippen molar-refractivity contribution < 1.29 is 9.53 Å². The van der Waals surface area contributed by atoms with Crippen LogP contribution in [0, 0.1) is 5.92 Å². The van der Waals surface area contributed by atoms with Crippen molar-refractivity contribution in [2.75, 3.05) is 23.3 Å². The van der Waals surface area contributed by atoms with Gasteiger partial charge in [-0.2, -0.15) is 0 Å². The van der Waals surface area contributed by atoms with Gasteiger partial charge in [0.25, 0.3) is 0 Å². The van der Waals surface area contributed by atoms with Crippen molar-refractivity contribution in [3.63, 3.8) is 0 Å². The van der Waals surface area contributed by atoms with Crippen LogP contribution in [-0.4, -0.2) is 39.7 Å². The number of nitrogens with zero attached hydrogens (tertiary/aromatic N) is 4. The zero-order chi connectivity index (χ0) is 20.4. The van der Waals surface area contributed by atoms with Crippen LogP contribution in [-0.2, 0) is 4.74 Å². The number of carbonyl (C=O) groups excluding carboxylic acids is 1. The Morgan fingerprint density at radius 2 is 2.03 bits per heavy atom. The highest BCUT2D eigenvalue weighted by Gasteiger charge is 2.47. The number of rotatable bonds is 5. The topological polar surface area (TPSA) is 80.2 Å². The summed E-state index contributed by atoms with van der Waals surface area (Å²) in [7, 11) is 0. The third kappa shape index (κ3) is 4.65. The molecule has 0 bridgehead atoms. The molecule has 162 valence electrons. The molecule has 7 nitrogen and oxygen atoms in total. The highest BCUT2D eigenvalue weighted by molar-refractivity contribution is 7.14. The molecule has 1 aliphatic heterocycles. The number of pyridine rings is 2. The molecule has 1 spiro atoms. The number of nitrogens with one attached hydrogen (secondary N) is 1. The second kappa shape index (κ2) is 9.20. The fourth-order valence-corrected chi connectivity index (χ4v) is 4.94. The predicted octanol–water partition coefficient (Wildman–Crippen LogP) is 5.02. The molecule has 1 amide bonds. The molecule has 9 heteroatoms. The number of aromatic nitrogens is 3. The van der Waals surface area contributed by atoms with Crippen molar-refractivity contribution in [3.05, 3.63) is 54.3 Å². The standard InChI is InChI=1S/C22H23N5O2S.ClH/c28-21-27(17-4-3-10-23-13-17)15-22(29-21)8-6-16(7-9-22)12-25-20-26-19(14-30-20)18-5-1-2-11-24-18;/h1-5,10-11,13-14,16H,6-9,12,15H2,(H,25,26);1H. The van der Waals surface area contributed by atoms with E-state index >= 15 is 0 Å². The number of hydrogen-bond acceptors (Lipinski definition) is 7. The number of carbonyl (C=O) groups is 1. The lowest BCUT2D eigenvalue weighted by Crippen LogP contribution is -2.39.